The Morgan fingerprint density at radius 3 is 2.70 bits per heavy atom. The quantitative estimate of drug-likeness (QED) is 0.626. The Hall–Kier alpha value is -1.97. The minimum Gasteiger partial charge on any atom is -0.486 e. The molecule has 20 heavy (non-hydrogen) atoms. The van der Waals surface area contributed by atoms with E-state index in [1.165, 1.54) is 0 Å². The summed E-state index contributed by atoms with van der Waals surface area (Å²) in [6, 6.07) is 5.57. The molecule has 0 bridgehead atoms. The lowest BCUT2D eigenvalue weighted by Crippen LogP contribution is -2.31. The minimum absolute atomic E-state index is 0.257. The number of hydrogen-bond donors (Lipinski definition) is 0. The summed E-state index contributed by atoms with van der Waals surface area (Å²) in [6.07, 6.45) is 3.65. The van der Waals surface area contributed by atoms with Gasteiger partial charge in [0, 0.05) is 0 Å². The van der Waals surface area contributed by atoms with Crippen LogP contribution < -0.4 is 9.47 Å². The van der Waals surface area contributed by atoms with Crippen LogP contribution in [0.2, 0.25) is 0 Å². The zero-order valence-electron chi connectivity index (χ0n) is 12.1. The fourth-order valence-corrected chi connectivity index (χ4v) is 1.95. The Morgan fingerprint density at radius 1 is 1.30 bits per heavy atom. The lowest BCUT2D eigenvalue weighted by Gasteiger charge is -2.25. The van der Waals surface area contributed by atoms with E-state index in [1.54, 1.807) is 6.08 Å². The van der Waals surface area contributed by atoms with Gasteiger partial charge in [-0.15, -0.1) is 0 Å². The van der Waals surface area contributed by atoms with Gasteiger partial charge in [0.05, 0.1) is 5.41 Å². The Bertz CT molecular complexity index is 517. The van der Waals surface area contributed by atoms with Crippen molar-refractivity contribution >= 4 is 5.97 Å². The summed E-state index contributed by atoms with van der Waals surface area (Å²) in [6.45, 7) is 6.96. The maximum Gasteiger partial charge on any atom is 0.316 e. The van der Waals surface area contributed by atoms with Crippen LogP contribution in [0.25, 0.3) is 0 Å². The fourth-order valence-electron chi connectivity index (χ4n) is 1.95. The summed E-state index contributed by atoms with van der Waals surface area (Å²) >= 11 is 0. The molecule has 0 saturated heterocycles. The van der Waals surface area contributed by atoms with Gasteiger partial charge in [0.25, 0.3) is 0 Å². The van der Waals surface area contributed by atoms with Gasteiger partial charge in [-0.1, -0.05) is 18.2 Å². The molecule has 0 aliphatic carbocycles. The number of benzene rings is 1. The van der Waals surface area contributed by atoms with E-state index in [0.717, 1.165) is 11.3 Å². The Labute approximate surface area is 119 Å². The van der Waals surface area contributed by atoms with Gasteiger partial charge < -0.3 is 14.2 Å². The van der Waals surface area contributed by atoms with Crippen LogP contribution in [0.3, 0.4) is 0 Å². The van der Waals surface area contributed by atoms with Crippen LogP contribution in [0.4, 0.5) is 0 Å². The predicted molar refractivity (Wildman–Crippen MR) is 76.2 cm³/mol. The molecule has 1 heterocycles. The van der Waals surface area contributed by atoms with Crippen molar-refractivity contribution in [3.8, 4) is 11.5 Å². The van der Waals surface area contributed by atoms with Gasteiger partial charge in [0.2, 0.25) is 0 Å². The number of rotatable bonds is 4. The lowest BCUT2D eigenvalue weighted by atomic mass is 9.84. The third-order valence-corrected chi connectivity index (χ3v) is 3.32. The summed E-state index contributed by atoms with van der Waals surface area (Å²) in [5, 5.41) is 0. The number of carbonyl (C=O) groups excluding carboxylic acids is 1. The summed E-state index contributed by atoms with van der Waals surface area (Å²) in [4.78, 5) is 12.2. The zero-order valence-corrected chi connectivity index (χ0v) is 12.1. The van der Waals surface area contributed by atoms with Crippen LogP contribution in [-0.4, -0.2) is 25.8 Å². The van der Waals surface area contributed by atoms with Gasteiger partial charge in [-0.3, -0.25) is 4.79 Å². The minimum atomic E-state index is -0.725. The molecule has 0 spiro atoms. The van der Waals surface area contributed by atoms with Crippen molar-refractivity contribution in [2.75, 3.05) is 19.8 Å². The molecule has 0 amide bonds. The van der Waals surface area contributed by atoms with Crippen molar-refractivity contribution in [3.05, 3.63) is 35.9 Å². The number of hydrogen-bond acceptors (Lipinski definition) is 4. The smallest absolute Gasteiger partial charge is 0.316 e. The van der Waals surface area contributed by atoms with E-state index < -0.39 is 5.41 Å². The SMILES string of the molecule is CC=CCOC(=O)C(C)(C)c1ccc2c(c1)OCCO2. The third-order valence-electron chi connectivity index (χ3n) is 3.32. The van der Waals surface area contributed by atoms with Crippen LogP contribution in [0.1, 0.15) is 26.3 Å². The zero-order chi connectivity index (χ0) is 14.6. The van der Waals surface area contributed by atoms with E-state index in [0.29, 0.717) is 25.6 Å². The van der Waals surface area contributed by atoms with Gasteiger partial charge in [-0.2, -0.15) is 0 Å². The number of esters is 1. The van der Waals surface area contributed by atoms with Crippen LogP contribution in [-0.2, 0) is 14.9 Å². The molecule has 0 radical (unpaired) electrons. The molecule has 1 aliphatic heterocycles. The second-order valence-corrected chi connectivity index (χ2v) is 5.15. The first kappa shape index (κ1) is 14.4. The average Bonchev–Trinajstić information content (AvgIpc) is 2.46. The second-order valence-electron chi connectivity index (χ2n) is 5.15. The van der Waals surface area contributed by atoms with E-state index in [-0.39, 0.29) is 5.97 Å². The highest BCUT2D eigenvalue weighted by Crippen LogP contribution is 2.35. The first-order valence-electron chi connectivity index (χ1n) is 6.74. The summed E-state index contributed by atoms with van der Waals surface area (Å²) in [5.41, 5.74) is 0.129. The van der Waals surface area contributed by atoms with Crippen LogP contribution in [0.15, 0.2) is 30.4 Å². The molecule has 0 saturated carbocycles. The maximum absolute atomic E-state index is 12.2. The molecule has 1 aliphatic rings. The van der Waals surface area contributed by atoms with E-state index in [2.05, 4.69) is 0 Å². The van der Waals surface area contributed by atoms with E-state index in [4.69, 9.17) is 14.2 Å². The predicted octanol–water partition coefficient (Wildman–Crippen LogP) is 2.85. The molecule has 0 fully saturated rings. The molecular weight excluding hydrogens is 256 g/mol. The monoisotopic (exact) mass is 276 g/mol. The molecule has 0 aromatic heterocycles. The highest BCUT2D eigenvalue weighted by atomic mass is 16.6. The molecular formula is C16H20O4. The highest BCUT2D eigenvalue weighted by Gasteiger charge is 2.32. The topological polar surface area (TPSA) is 44.8 Å². The number of allylic oxidation sites excluding steroid dienone is 1. The summed E-state index contributed by atoms with van der Waals surface area (Å²) in [7, 11) is 0. The molecule has 1 aromatic carbocycles. The van der Waals surface area contributed by atoms with Crippen molar-refractivity contribution in [2.24, 2.45) is 0 Å². The Morgan fingerprint density at radius 2 is 2.00 bits per heavy atom. The van der Waals surface area contributed by atoms with Gasteiger partial charge in [0.15, 0.2) is 11.5 Å². The van der Waals surface area contributed by atoms with E-state index in [9.17, 15) is 4.79 Å². The average molecular weight is 276 g/mol. The fraction of sp³-hybridized carbons (Fsp3) is 0.438. The number of carbonyl (C=O) groups is 1. The third kappa shape index (κ3) is 2.95. The number of ether oxygens (including phenoxy) is 3. The second kappa shape index (κ2) is 5.99. The van der Waals surface area contributed by atoms with Gasteiger partial charge in [0.1, 0.15) is 19.8 Å². The lowest BCUT2D eigenvalue weighted by molar-refractivity contribution is -0.148. The van der Waals surface area contributed by atoms with Crippen molar-refractivity contribution in [3.63, 3.8) is 0 Å². The first-order valence-corrected chi connectivity index (χ1v) is 6.74. The summed E-state index contributed by atoms with van der Waals surface area (Å²) in [5.74, 6) is 1.15. The normalized spacial score (nSPS) is 14.3. The molecule has 0 N–H and O–H groups in total. The molecule has 0 atom stereocenters. The van der Waals surface area contributed by atoms with E-state index in [1.807, 2.05) is 45.0 Å². The molecule has 4 nitrogen and oxygen atoms in total. The van der Waals surface area contributed by atoms with Crippen molar-refractivity contribution in [1.29, 1.82) is 0 Å². The number of fused-ring (bicyclic) bond motifs is 1. The first-order chi connectivity index (χ1) is 9.55. The largest absolute Gasteiger partial charge is 0.486 e. The van der Waals surface area contributed by atoms with Crippen molar-refractivity contribution in [1.82, 2.24) is 0 Å². The maximum atomic E-state index is 12.2. The van der Waals surface area contributed by atoms with Crippen molar-refractivity contribution in [2.45, 2.75) is 26.2 Å². The highest BCUT2D eigenvalue weighted by molar-refractivity contribution is 5.82. The molecule has 108 valence electrons. The van der Waals surface area contributed by atoms with E-state index >= 15 is 0 Å². The molecule has 0 unspecified atom stereocenters. The van der Waals surface area contributed by atoms with Crippen LogP contribution in [0, 0.1) is 0 Å². The van der Waals surface area contributed by atoms with Gasteiger partial charge in [-0.25, -0.2) is 0 Å². The Balaban J connectivity index is 2.18. The Kier molecular flexibility index (Phi) is 4.32. The summed E-state index contributed by atoms with van der Waals surface area (Å²) < 4.78 is 16.3. The van der Waals surface area contributed by atoms with Gasteiger partial charge >= 0.3 is 5.97 Å². The molecule has 1 aromatic rings. The standard InChI is InChI=1S/C16H20O4/c1-4-5-8-20-15(17)16(2,3)12-6-7-13-14(11-12)19-10-9-18-13/h4-7,11H,8-10H2,1-3H3. The molecule has 2 rings (SSSR count). The van der Waals surface area contributed by atoms with Gasteiger partial charge in [-0.05, 0) is 38.5 Å². The van der Waals surface area contributed by atoms with Crippen LogP contribution >= 0.6 is 0 Å². The molecule has 4 heteroatoms. The van der Waals surface area contributed by atoms with Crippen LogP contribution in [0.5, 0.6) is 11.5 Å². The van der Waals surface area contributed by atoms with Crippen molar-refractivity contribution < 1.29 is 19.0 Å².